The Hall–Kier alpha value is -0.420. The Bertz CT molecular complexity index is 254. The molecule has 1 heterocycles. The number of likely N-dealkylation sites (tertiary alicyclic amines) is 1. The number of ether oxygens (including phenoxy) is 2. The first-order valence-electron chi connectivity index (χ1n) is 6.41. The van der Waals surface area contributed by atoms with Crippen LogP contribution in [0.5, 0.6) is 0 Å². The molecule has 1 saturated carbocycles. The van der Waals surface area contributed by atoms with Crippen LogP contribution in [0, 0.1) is 0 Å². The summed E-state index contributed by atoms with van der Waals surface area (Å²) < 4.78 is 10.8. The Morgan fingerprint density at radius 2 is 1.82 bits per heavy atom. The molecule has 98 valence electrons. The first-order valence-corrected chi connectivity index (χ1v) is 6.41. The molecule has 0 aromatic heterocycles. The van der Waals surface area contributed by atoms with Gasteiger partial charge in [0.25, 0.3) is 0 Å². The second kappa shape index (κ2) is 5.96. The summed E-state index contributed by atoms with van der Waals surface area (Å²) in [6.07, 6.45) is 3.05. The molecule has 2 atom stereocenters. The van der Waals surface area contributed by atoms with Gasteiger partial charge in [0.2, 0.25) is 0 Å². The Balaban J connectivity index is 1.69. The first-order chi connectivity index (χ1) is 8.22. The molecule has 0 aromatic rings. The van der Waals surface area contributed by atoms with Crippen molar-refractivity contribution in [1.82, 2.24) is 10.2 Å². The van der Waals surface area contributed by atoms with Crippen molar-refractivity contribution in [2.75, 3.05) is 40.4 Å². The zero-order valence-electron chi connectivity index (χ0n) is 10.9. The number of hydrogen-bond donors (Lipinski definition) is 1. The standard InChI is InChI=1S/C13H24N2O2/c1-10(6-14-11-4-5-11)7-15-8-12(16-2)13(9-15)17-3/h11-14H,1,4-9H2,2-3H3. The maximum Gasteiger partial charge on any atom is 0.0971 e. The predicted molar refractivity (Wildman–Crippen MR) is 68.2 cm³/mol. The molecule has 1 aliphatic carbocycles. The smallest absolute Gasteiger partial charge is 0.0971 e. The van der Waals surface area contributed by atoms with Crippen LogP contribution in [0.3, 0.4) is 0 Å². The molecule has 1 N–H and O–H groups in total. The van der Waals surface area contributed by atoms with E-state index in [9.17, 15) is 0 Å². The fraction of sp³-hybridized carbons (Fsp3) is 0.846. The fourth-order valence-corrected chi connectivity index (χ4v) is 2.35. The molecule has 0 radical (unpaired) electrons. The SMILES string of the molecule is C=C(CNC1CC1)CN1CC(OC)C(OC)C1. The minimum atomic E-state index is 0.198. The molecule has 17 heavy (non-hydrogen) atoms. The van der Waals surface area contributed by atoms with E-state index in [4.69, 9.17) is 9.47 Å². The molecule has 1 saturated heterocycles. The maximum atomic E-state index is 5.42. The highest BCUT2D eigenvalue weighted by molar-refractivity contribution is 5.03. The van der Waals surface area contributed by atoms with Gasteiger partial charge in [0.1, 0.15) is 0 Å². The highest BCUT2D eigenvalue weighted by Crippen LogP contribution is 2.19. The molecule has 4 nitrogen and oxygen atoms in total. The highest BCUT2D eigenvalue weighted by Gasteiger charge is 2.32. The third-order valence-corrected chi connectivity index (χ3v) is 3.56. The molecule has 2 aliphatic rings. The van der Waals surface area contributed by atoms with Crippen LogP contribution in [0.4, 0.5) is 0 Å². The monoisotopic (exact) mass is 240 g/mol. The van der Waals surface area contributed by atoms with E-state index in [-0.39, 0.29) is 12.2 Å². The van der Waals surface area contributed by atoms with E-state index in [1.165, 1.54) is 18.4 Å². The second-order valence-electron chi connectivity index (χ2n) is 5.15. The lowest BCUT2D eigenvalue weighted by molar-refractivity contribution is -0.00461. The van der Waals surface area contributed by atoms with E-state index in [0.717, 1.165) is 32.2 Å². The number of nitrogens with one attached hydrogen (secondary N) is 1. The van der Waals surface area contributed by atoms with E-state index >= 15 is 0 Å². The normalized spacial score (nSPS) is 29.8. The Morgan fingerprint density at radius 3 is 2.29 bits per heavy atom. The summed E-state index contributed by atoms with van der Waals surface area (Å²) in [4.78, 5) is 2.36. The van der Waals surface area contributed by atoms with Crippen LogP contribution in [0.2, 0.25) is 0 Å². The lowest BCUT2D eigenvalue weighted by atomic mass is 10.3. The summed E-state index contributed by atoms with van der Waals surface area (Å²) in [5, 5.41) is 3.49. The van der Waals surface area contributed by atoms with E-state index in [0.29, 0.717) is 0 Å². The van der Waals surface area contributed by atoms with E-state index in [2.05, 4.69) is 16.8 Å². The van der Waals surface area contributed by atoms with Crippen LogP contribution in [0.15, 0.2) is 12.2 Å². The molecule has 2 unspecified atom stereocenters. The van der Waals surface area contributed by atoms with Crippen molar-refractivity contribution in [3.63, 3.8) is 0 Å². The van der Waals surface area contributed by atoms with Gasteiger partial charge in [-0.3, -0.25) is 4.90 Å². The Labute approximate surface area is 104 Å². The van der Waals surface area contributed by atoms with Gasteiger partial charge in [-0.25, -0.2) is 0 Å². The van der Waals surface area contributed by atoms with Crippen molar-refractivity contribution in [3.05, 3.63) is 12.2 Å². The minimum Gasteiger partial charge on any atom is -0.377 e. The summed E-state index contributed by atoms with van der Waals surface area (Å²) in [6.45, 7) is 7.90. The fourth-order valence-electron chi connectivity index (χ4n) is 2.35. The van der Waals surface area contributed by atoms with Gasteiger partial charge in [-0.15, -0.1) is 0 Å². The van der Waals surface area contributed by atoms with Gasteiger partial charge < -0.3 is 14.8 Å². The zero-order chi connectivity index (χ0) is 12.3. The molecule has 4 heteroatoms. The number of rotatable bonds is 7. The van der Waals surface area contributed by atoms with Crippen molar-refractivity contribution in [1.29, 1.82) is 0 Å². The molecular formula is C13H24N2O2. The van der Waals surface area contributed by atoms with Crippen molar-refractivity contribution >= 4 is 0 Å². The molecule has 0 amide bonds. The molecule has 2 fully saturated rings. The first kappa shape index (κ1) is 13.0. The number of nitrogens with zero attached hydrogens (tertiary/aromatic N) is 1. The average Bonchev–Trinajstić information content (AvgIpc) is 3.07. The zero-order valence-corrected chi connectivity index (χ0v) is 10.9. The van der Waals surface area contributed by atoms with Crippen molar-refractivity contribution in [2.24, 2.45) is 0 Å². The second-order valence-corrected chi connectivity index (χ2v) is 5.15. The van der Waals surface area contributed by atoms with Crippen molar-refractivity contribution in [2.45, 2.75) is 31.1 Å². The van der Waals surface area contributed by atoms with E-state index in [1.807, 2.05) is 0 Å². The molecule has 0 bridgehead atoms. The van der Waals surface area contributed by atoms with Crippen molar-refractivity contribution < 1.29 is 9.47 Å². The summed E-state index contributed by atoms with van der Waals surface area (Å²) in [7, 11) is 3.51. The van der Waals surface area contributed by atoms with E-state index < -0.39 is 0 Å². The molecule has 2 rings (SSSR count). The van der Waals surface area contributed by atoms with Gasteiger partial charge in [-0.05, 0) is 18.4 Å². The third kappa shape index (κ3) is 3.78. The third-order valence-electron chi connectivity index (χ3n) is 3.56. The summed E-state index contributed by atoms with van der Waals surface area (Å²) in [5.74, 6) is 0. The topological polar surface area (TPSA) is 33.7 Å². The molecule has 1 aliphatic heterocycles. The van der Waals surface area contributed by atoms with Crippen LogP contribution < -0.4 is 5.32 Å². The highest BCUT2D eigenvalue weighted by atomic mass is 16.5. The van der Waals surface area contributed by atoms with Crippen molar-refractivity contribution in [3.8, 4) is 0 Å². The predicted octanol–water partition coefficient (Wildman–Crippen LogP) is 0.640. The van der Waals surface area contributed by atoms with Gasteiger partial charge in [0, 0.05) is 46.4 Å². The van der Waals surface area contributed by atoms with Gasteiger partial charge in [-0.2, -0.15) is 0 Å². The quantitative estimate of drug-likeness (QED) is 0.662. The van der Waals surface area contributed by atoms with Crippen LogP contribution in [-0.4, -0.2) is 63.5 Å². The minimum absolute atomic E-state index is 0.198. The molecule has 0 spiro atoms. The summed E-state index contributed by atoms with van der Waals surface area (Å²) in [6, 6.07) is 0.753. The molecule has 0 aromatic carbocycles. The van der Waals surface area contributed by atoms with Gasteiger partial charge in [0.05, 0.1) is 12.2 Å². The Morgan fingerprint density at radius 1 is 1.24 bits per heavy atom. The van der Waals surface area contributed by atoms with Crippen LogP contribution in [0.1, 0.15) is 12.8 Å². The van der Waals surface area contributed by atoms with E-state index in [1.54, 1.807) is 14.2 Å². The maximum absolute atomic E-state index is 5.42. The summed E-state index contributed by atoms with van der Waals surface area (Å²) in [5.41, 5.74) is 1.25. The van der Waals surface area contributed by atoms with Crippen LogP contribution >= 0.6 is 0 Å². The van der Waals surface area contributed by atoms with Gasteiger partial charge >= 0.3 is 0 Å². The lowest BCUT2D eigenvalue weighted by Gasteiger charge is -2.17. The van der Waals surface area contributed by atoms with Gasteiger partial charge in [0.15, 0.2) is 0 Å². The Kier molecular flexibility index (Phi) is 4.56. The largest absolute Gasteiger partial charge is 0.377 e. The molecular weight excluding hydrogens is 216 g/mol. The summed E-state index contributed by atoms with van der Waals surface area (Å²) >= 11 is 0. The van der Waals surface area contributed by atoms with Gasteiger partial charge in [-0.1, -0.05) is 6.58 Å². The average molecular weight is 240 g/mol. The number of methoxy groups -OCH3 is 2. The van der Waals surface area contributed by atoms with Crippen LogP contribution in [-0.2, 0) is 9.47 Å². The van der Waals surface area contributed by atoms with Crippen LogP contribution in [0.25, 0.3) is 0 Å². The number of hydrogen-bond acceptors (Lipinski definition) is 4. The lowest BCUT2D eigenvalue weighted by Crippen LogP contribution is -2.29.